The van der Waals surface area contributed by atoms with Crippen LogP contribution in [0.1, 0.15) is 56.0 Å². The van der Waals surface area contributed by atoms with Crippen LogP contribution in [0.5, 0.6) is 0 Å². The van der Waals surface area contributed by atoms with Crippen LogP contribution in [-0.4, -0.2) is 75.4 Å². The third kappa shape index (κ3) is 9.25. The highest BCUT2D eigenvalue weighted by Crippen LogP contribution is 2.23. The summed E-state index contributed by atoms with van der Waals surface area (Å²) >= 11 is 0. The van der Waals surface area contributed by atoms with Crippen molar-refractivity contribution in [3.05, 3.63) is 65.7 Å². The number of carbonyl (C=O) groups is 3. The summed E-state index contributed by atoms with van der Waals surface area (Å²) in [5.74, 6) is -0.182. The number of nitrogens with zero attached hydrogens (tertiary/aromatic N) is 4. The Kier molecular flexibility index (Phi) is 10.3. The van der Waals surface area contributed by atoms with Gasteiger partial charge >= 0.3 is 6.09 Å². The van der Waals surface area contributed by atoms with Gasteiger partial charge < -0.3 is 25.6 Å². The number of likely N-dealkylation sites (tertiary alicyclic amines) is 1. The Morgan fingerprint density at radius 3 is 2.67 bits per heavy atom. The Hall–Kier alpha value is -4.48. The number of hydrogen-bond acceptors (Lipinski definition) is 7. The molecule has 1 aromatic carbocycles. The first-order valence-electron chi connectivity index (χ1n) is 14.5. The van der Waals surface area contributed by atoms with Gasteiger partial charge in [-0.1, -0.05) is 12.1 Å². The molecule has 1 saturated heterocycles. The molecule has 1 aliphatic heterocycles. The monoisotopic (exact) mass is 593 g/mol. The number of carbonyl (C=O) groups excluding carboxylic acids is 3. The Morgan fingerprint density at radius 2 is 1.95 bits per heavy atom. The van der Waals surface area contributed by atoms with Crippen molar-refractivity contribution in [2.24, 2.45) is 7.05 Å². The molecule has 4 rings (SSSR count). The number of hydrogen-bond donors (Lipinski definition) is 3. The third-order valence-electron chi connectivity index (χ3n) is 6.93. The van der Waals surface area contributed by atoms with Gasteiger partial charge in [-0.25, -0.2) is 14.2 Å². The van der Waals surface area contributed by atoms with E-state index in [0.29, 0.717) is 62.4 Å². The van der Waals surface area contributed by atoms with Gasteiger partial charge in [0.15, 0.2) is 0 Å². The van der Waals surface area contributed by atoms with Crippen molar-refractivity contribution in [3.8, 4) is 11.3 Å². The van der Waals surface area contributed by atoms with Crippen LogP contribution in [0.15, 0.2) is 48.8 Å². The molecule has 0 radical (unpaired) electrons. The Labute approximate surface area is 251 Å². The van der Waals surface area contributed by atoms with Gasteiger partial charge in [-0.15, -0.1) is 0 Å². The molecule has 12 heteroatoms. The van der Waals surface area contributed by atoms with Crippen molar-refractivity contribution in [2.75, 3.05) is 31.5 Å². The van der Waals surface area contributed by atoms with Crippen LogP contribution < -0.4 is 16.0 Å². The van der Waals surface area contributed by atoms with E-state index in [2.05, 4.69) is 21.0 Å². The number of amides is 3. The Balaban J connectivity index is 1.37. The number of nitrogens with one attached hydrogen (secondary N) is 3. The van der Waals surface area contributed by atoms with E-state index < -0.39 is 11.7 Å². The van der Waals surface area contributed by atoms with Crippen LogP contribution >= 0.6 is 0 Å². The van der Waals surface area contributed by atoms with Gasteiger partial charge in [0.1, 0.15) is 17.2 Å². The largest absolute Gasteiger partial charge is 0.444 e. The number of benzene rings is 1. The van der Waals surface area contributed by atoms with E-state index in [9.17, 15) is 18.8 Å². The van der Waals surface area contributed by atoms with Crippen molar-refractivity contribution < 1.29 is 23.5 Å². The predicted octanol–water partition coefficient (Wildman–Crippen LogP) is 3.91. The smallest absolute Gasteiger partial charge is 0.407 e. The number of aryl methyl sites for hydroxylation is 1. The minimum atomic E-state index is -0.580. The van der Waals surface area contributed by atoms with Gasteiger partial charge in [0.05, 0.1) is 17.5 Å². The minimum absolute atomic E-state index is 0.0266. The quantitative estimate of drug-likeness (QED) is 0.272. The lowest BCUT2D eigenvalue weighted by Crippen LogP contribution is -2.43. The molecule has 3 amide bonds. The molecular formula is C31H40FN7O4. The van der Waals surface area contributed by atoms with Crippen LogP contribution in [-0.2, 0) is 23.0 Å². The summed E-state index contributed by atoms with van der Waals surface area (Å²) in [5.41, 5.74) is 2.08. The van der Waals surface area contributed by atoms with E-state index in [1.54, 1.807) is 54.7 Å². The summed E-state index contributed by atoms with van der Waals surface area (Å²) in [5, 5.41) is 13.1. The SMILES string of the molecule is Cn1cc(-c2ccc(C(=O)NC[C@H]3CCC(=O)N3CCCNC(=O)OC(C)(C)C)c(NCCc3cccc(F)c3)n2)cn1. The summed E-state index contributed by atoms with van der Waals surface area (Å²) in [6.07, 6.45) is 5.20. The van der Waals surface area contributed by atoms with Crippen LogP contribution in [0.25, 0.3) is 11.3 Å². The molecule has 43 heavy (non-hydrogen) atoms. The van der Waals surface area contributed by atoms with Gasteiger partial charge in [-0.2, -0.15) is 5.10 Å². The molecule has 0 saturated carbocycles. The molecule has 0 bridgehead atoms. The van der Waals surface area contributed by atoms with Gasteiger partial charge in [0, 0.05) is 57.4 Å². The number of anilines is 1. The molecule has 3 heterocycles. The van der Waals surface area contributed by atoms with Crippen molar-refractivity contribution in [1.29, 1.82) is 0 Å². The summed E-state index contributed by atoms with van der Waals surface area (Å²) < 4.78 is 20.6. The number of halogens is 1. The average Bonchev–Trinajstić information content (AvgIpc) is 3.53. The van der Waals surface area contributed by atoms with E-state index in [4.69, 9.17) is 9.72 Å². The standard InChI is InChI=1S/C31H40FN7O4/c1-31(2,3)43-30(42)34-14-6-16-39-24(9-12-27(39)40)19-35-29(41)25-10-11-26(22-18-36-38(4)20-22)37-28(25)33-15-13-21-7-5-8-23(32)17-21/h5,7-8,10-11,17-18,20,24H,6,9,12-16,19H2,1-4H3,(H,33,37)(H,34,42)(H,35,41)/t24-/m1/s1. The predicted molar refractivity (Wildman–Crippen MR) is 161 cm³/mol. The third-order valence-corrected chi connectivity index (χ3v) is 6.93. The number of alkyl carbamates (subject to hydrolysis) is 1. The van der Waals surface area contributed by atoms with E-state index >= 15 is 0 Å². The highest BCUT2D eigenvalue weighted by Gasteiger charge is 2.31. The highest BCUT2D eigenvalue weighted by molar-refractivity contribution is 5.99. The highest BCUT2D eigenvalue weighted by atomic mass is 19.1. The molecule has 0 aliphatic carbocycles. The Morgan fingerprint density at radius 1 is 1.14 bits per heavy atom. The van der Waals surface area contributed by atoms with E-state index in [1.165, 1.54) is 12.1 Å². The molecular weight excluding hydrogens is 553 g/mol. The lowest BCUT2D eigenvalue weighted by molar-refractivity contribution is -0.128. The van der Waals surface area contributed by atoms with Crippen molar-refractivity contribution >= 4 is 23.7 Å². The zero-order valence-corrected chi connectivity index (χ0v) is 25.2. The number of rotatable bonds is 12. The molecule has 11 nitrogen and oxygen atoms in total. The lowest BCUT2D eigenvalue weighted by Gasteiger charge is -2.25. The maximum Gasteiger partial charge on any atom is 0.407 e. The van der Waals surface area contributed by atoms with Gasteiger partial charge in [0.2, 0.25) is 5.91 Å². The van der Waals surface area contributed by atoms with Crippen LogP contribution in [0, 0.1) is 5.82 Å². The second-order valence-corrected chi connectivity index (χ2v) is 11.6. The van der Waals surface area contributed by atoms with Crippen molar-refractivity contribution in [3.63, 3.8) is 0 Å². The minimum Gasteiger partial charge on any atom is -0.444 e. The summed E-state index contributed by atoms with van der Waals surface area (Å²) in [7, 11) is 1.82. The molecule has 3 N–H and O–H groups in total. The van der Waals surface area contributed by atoms with E-state index in [-0.39, 0.29) is 30.2 Å². The van der Waals surface area contributed by atoms with Crippen LogP contribution in [0.2, 0.25) is 0 Å². The summed E-state index contributed by atoms with van der Waals surface area (Å²) in [4.78, 5) is 44.3. The molecule has 1 atom stereocenters. The second kappa shape index (κ2) is 14.1. The molecule has 230 valence electrons. The fourth-order valence-corrected chi connectivity index (χ4v) is 4.88. The fourth-order valence-electron chi connectivity index (χ4n) is 4.88. The molecule has 0 spiro atoms. The Bertz CT molecular complexity index is 1440. The number of aromatic nitrogens is 3. The number of ether oxygens (including phenoxy) is 1. The van der Waals surface area contributed by atoms with Crippen LogP contribution in [0.3, 0.4) is 0 Å². The molecule has 0 unspecified atom stereocenters. The average molecular weight is 594 g/mol. The van der Waals surface area contributed by atoms with Crippen LogP contribution in [0.4, 0.5) is 15.0 Å². The van der Waals surface area contributed by atoms with E-state index in [0.717, 1.165) is 11.1 Å². The zero-order valence-electron chi connectivity index (χ0n) is 25.2. The maximum absolute atomic E-state index is 13.6. The normalized spacial score (nSPS) is 15.0. The molecule has 1 aliphatic rings. The summed E-state index contributed by atoms with van der Waals surface area (Å²) in [6.45, 7) is 6.95. The topological polar surface area (TPSA) is 130 Å². The van der Waals surface area contributed by atoms with Gasteiger partial charge in [0.25, 0.3) is 5.91 Å². The van der Waals surface area contributed by atoms with Crippen molar-refractivity contribution in [2.45, 2.75) is 58.1 Å². The first-order valence-corrected chi connectivity index (χ1v) is 14.5. The maximum atomic E-state index is 13.6. The second-order valence-electron chi connectivity index (χ2n) is 11.6. The van der Waals surface area contributed by atoms with Gasteiger partial charge in [-0.3, -0.25) is 14.3 Å². The summed E-state index contributed by atoms with van der Waals surface area (Å²) in [6, 6.07) is 9.74. The molecule has 3 aromatic rings. The molecule has 2 aromatic heterocycles. The first kappa shape index (κ1) is 31.5. The molecule has 1 fully saturated rings. The van der Waals surface area contributed by atoms with Crippen molar-refractivity contribution in [1.82, 2.24) is 30.3 Å². The number of pyridine rings is 1. The van der Waals surface area contributed by atoms with Gasteiger partial charge in [-0.05, 0) is 69.9 Å². The first-order chi connectivity index (χ1) is 20.5. The lowest BCUT2D eigenvalue weighted by atomic mass is 10.1. The van der Waals surface area contributed by atoms with E-state index in [1.807, 2.05) is 19.3 Å². The fraction of sp³-hybridized carbons (Fsp3) is 0.452. The zero-order chi connectivity index (χ0) is 31.0.